The fraction of sp³-hybridized carbons (Fsp3) is 0.500. The first-order valence-corrected chi connectivity index (χ1v) is 6.46. The number of para-hydroxylation sites is 2. The van der Waals surface area contributed by atoms with E-state index in [0.29, 0.717) is 24.3 Å². The molecule has 1 aromatic rings. The van der Waals surface area contributed by atoms with Crippen LogP contribution >= 0.6 is 0 Å². The fourth-order valence-electron chi connectivity index (χ4n) is 1.78. The molecule has 106 valence electrons. The number of ether oxygens (including phenoxy) is 1. The fourth-order valence-corrected chi connectivity index (χ4v) is 1.78. The summed E-state index contributed by atoms with van der Waals surface area (Å²) in [6, 6.07) is 7.01. The van der Waals surface area contributed by atoms with Crippen LogP contribution in [0, 0.1) is 0 Å². The van der Waals surface area contributed by atoms with Crippen LogP contribution in [0.5, 0.6) is 5.75 Å². The van der Waals surface area contributed by atoms with Gasteiger partial charge in [0.05, 0.1) is 17.8 Å². The Hall–Kier alpha value is -1.75. The molecule has 0 heterocycles. The van der Waals surface area contributed by atoms with E-state index in [9.17, 15) is 9.90 Å². The molecule has 0 aliphatic carbocycles. The molecule has 0 saturated carbocycles. The molecule has 0 saturated heterocycles. The summed E-state index contributed by atoms with van der Waals surface area (Å²) in [7, 11) is 0. The summed E-state index contributed by atoms with van der Waals surface area (Å²) >= 11 is 0. The van der Waals surface area contributed by atoms with Crippen molar-refractivity contribution in [3.05, 3.63) is 24.3 Å². The Morgan fingerprint density at radius 3 is 2.53 bits per heavy atom. The second-order valence-corrected chi connectivity index (χ2v) is 4.52. The molecule has 5 heteroatoms. The quantitative estimate of drug-likeness (QED) is 0.650. The minimum absolute atomic E-state index is 0.0841. The molecule has 0 radical (unpaired) electrons. The number of carbonyl (C=O) groups is 1. The maximum atomic E-state index is 11.8. The standard InChI is InChI=1S/C14H22N2O3/c1-3-14(4-2,10-17)16-13(18)9-19-12-8-6-5-7-11(12)15/h5-8,17H,3-4,9-10,15H2,1-2H3,(H,16,18). The Labute approximate surface area is 113 Å². The summed E-state index contributed by atoms with van der Waals surface area (Å²) in [4.78, 5) is 11.8. The normalized spacial score (nSPS) is 11.1. The minimum Gasteiger partial charge on any atom is -0.482 e. The van der Waals surface area contributed by atoms with E-state index in [1.54, 1.807) is 24.3 Å². The van der Waals surface area contributed by atoms with E-state index in [2.05, 4.69) is 5.32 Å². The van der Waals surface area contributed by atoms with Crippen molar-refractivity contribution < 1.29 is 14.6 Å². The summed E-state index contributed by atoms with van der Waals surface area (Å²) in [5, 5.41) is 12.2. The number of nitrogens with two attached hydrogens (primary N) is 1. The predicted octanol–water partition coefficient (Wildman–Crippen LogP) is 1.31. The summed E-state index contributed by atoms with van der Waals surface area (Å²) in [6.07, 6.45) is 1.33. The van der Waals surface area contributed by atoms with Gasteiger partial charge in [0.1, 0.15) is 5.75 Å². The summed E-state index contributed by atoms with van der Waals surface area (Å²) < 4.78 is 5.36. The Morgan fingerprint density at radius 1 is 1.37 bits per heavy atom. The maximum Gasteiger partial charge on any atom is 0.258 e. The van der Waals surface area contributed by atoms with Gasteiger partial charge in [0.25, 0.3) is 5.91 Å². The third-order valence-corrected chi connectivity index (χ3v) is 3.34. The van der Waals surface area contributed by atoms with Gasteiger partial charge in [-0.3, -0.25) is 4.79 Å². The van der Waals surface area contributed by atoms with Gasteiger partial charge in [0.2, 0.25) is 0 Å². The van der Waals surface area contributed by atoms with Crippen LogP contribution in [-0.2, 0) is 4.79 Å². The average molecular weight is 266 g/mol. The smallest absolute Gasteiger partial charge is 0.258 e. The summed E-state index contributed by atoms with van der Waals surface area (Å²) in [6.45, 7) is 3.65. The van der Waals surface area contributed by atoms with Gasteiger partial charge in [0.15, 0.2) is 6.61 Å². The van der Waals surface area contributed by atoms with Gasteiger partial charge in [-0.05, 0) is 25.0 Å². The van der Waals surface area contributed by atoms with E-state index in [1.165, 1.54) is 0 Å². The molecule has 4 N–H and O–H groups in total. The molecule has 0 bridgehead atoms. The van der Waals surface area contributed by atoms with Crippen molar-refractivity contribution in [2.75, 3.05) is 18.9 Å². The van der Waals surface area contributed by atoms with Crippen LogP contribution in [0.1, 0.15) is 26.7 Å². The van der Waals surface area contributed by atoms with E-state index in [4.69, 9.17) is 10.5 Å². The number of hydrogen-bond acceptors (Lipinski definition) is 4. The number of benzene rings is 1. The first-order chi connectivity index (χ1) is 9.06. The van der Waals surface area contributed by atoms with Crippen LogP contribution in [-0.4, -0.2) is 29.8 Å². The van der Waals surface area contributed by atoms with E-state index < -0.39 is 5.54 Å². The summed E-state index contributed by atoms with van der Waals surface area (Å²) in [5.41, 5.74) is 5.64. The van der Waals surface area contributed by atoms with Gasteiger partial charge in [-0.1, -0.05) is 26.0 Å². The van der Waals surface area contributed by atoms with Gasteiger partial charge >= 0.3 is 0 Å². The summed E-state index contributed by atoms with van der Waals surface area (Å²) in [5.74, 6) is 0.223. The van der Waals surface area contributed by atoms with Crippen molar-refractivity contribution in [2.45, 2.75) is 32.2 Å². The molecule has 0 aromatic heterocycles. The topological polar surface area (TPSA) is 84.6 Å². The van der Waals surface area contributed by atoms with Crippen molar-refractivity contribution in [3.63, 3.8) is 0 Å². The predicted molar refractivity (Wildman–Crippen MR) is 74.9 cm³/mol. The lowest BCUT2D eigenvalue weighted by Crippen LogP contribution is -2.51. The van der Waals surface area contributed by atoms with Gasteiger partial charge < -0.3 is 20.9 Å². The number of nitrogen functional groups attached to an aromatic ring is 1. The zero-order valence-corrected chi connectivity index (χ0v) is 11.5. The Balaban J connectivity index is 2.54. The number of carbonyl (C=O) groups excluding carboxylic acids is 1. The van der Waals surface area contributed by atoms with Crippen LogP contribution in [0.2, 0.25) is 0 Å². The van der Waals surface area contributed by atoms with Crippen LogP contribution in [0.15, 0.2) is 24.3 Å². The Kier molecular flexibility index (Phi) is 5.63. The second kappa shape index (κ2) is 6.99. The number of anilines is 1. The molecule has 0 spiro atoms. The molecule has 1 rings (SSSR count). The van der Waals surface area contributed by atoms with Crippen LogP contribution in [0.4, 0.5) is 5.69 Å². The lowest BCUT2D eigenvalue weighted by Gasteiger charge is -2.30. The molecular weight excluding hydrogens is 244 g/mol. The Morgan fingerprint density at radius 2 is 2.00 bits per heavy atom. The van der Waals surface area contributed by atoms with Gasteiger partial charge in [0, 0.05) is 0 Å². The third-order valence-electron chi connectivity index (χ3n) is 3.34. The van der Waals surface area contributed by atoms with Crippen LogP contribution < -0.4 is 15.8 Å². The highest BCUT2D eigenvalue weighted by atomic mass is 16.5. The highest BCUT2D eigenvalue weighted by molar-refractivity contribution is 5.78. The highest BCUT2D eigenvalue weighted by Gasteiger charge is 2.27. The monoisotopic (exact) mass is 266 g/mol. The minimum atomic E-state index is -0.567. The van der Waals surface area contributed by atoms with Gasteiger partial charge in [-0.2, -0.15) is 0 Å². The molecule has 1 amide bonds. The molecule has 0 atom stereocenters. The van der Waals surface area contributed by atoms with Crippen LogP contribution in [0.3, 0.4) is 0 Å². The zero-order chi connectivity index (χ0) is 14.3. The molecule has 0 aliphatic rings. The average Bonchev–Trinajstić information content (AvgIpc) is 2.44. The zero-order valence-electron chi connectivity index (χ0n) is 11.5. The number of hydrogen-bond donors (Lipinski definition) is 3. The van der Waals surface area contributed by atoms with Gasteiger partial charge in [-0.15, -0.1) is 0 Å². The van der Waals surface area contributed by atoms with Crippen molar-refractivity contribution in [1.29, 1.82) is 0 Å². The third kappa shape index (κ3) is 4.13. The van der Waals surface area contributed by atoms with Crippen molar-refractivity contribution in [3.8, 4) is 5.75 Å². The Bertz CT molecular complexity index is 409. The van der Waals surface area contributed by atoms with Gasteiger partial charge in [-0.25, -0.2) is 0 Å². The number of aliphatic hydroxyl groups excluding tert-OH is 1. The first kappa shape index (κ1) is 15.3. The number of aliphatic hydroxyl groups is 1. The molecule has 0 aliphatic heterocycles. The van der Waals surface area contributed by atoms with Crippen molar-refractivity contribution in [1.82, 2.24) is 5.32 Å². The van der Waals surface area contributed by atoms with E-state index in [1.807, 2.05) is 13.8 Å². The largest absolute Gasteiger partial charge is 0.482 e. The first-order valence-electron chi connectivity index (χ1n) is 6.46. The number of nitrogens with one attached hydrogen (secondary N) is 1. The van der Waals surface area contributed by atoms with Crippen LogP contribution in [0.25, 0.3) is 0 Å². The molecule has 0 unspecified atom stereocenters. The second-order valence-electron chi connectivity index (χ2n) is 4.52. The van der Waals surface area contributed by atoms with Crippen molar-refractivity contribution in [2.24, 2.45) is 0 Å². The van der Waals surface area contributed by atoms with E-state index in [0.717, 1.165) is 0 Å². The molecule has 1 aromatic carbocycles. The number of amides is 1. The maximum absolute atomic E-state index is 11.8. The molecular formula is C14H22N2O3. The lowest BCUT2D eigenvalue weighted by atomic mass is 9.94. The van der Waals surface area contributed by atoms with E-state index >= 15 is 0 Å². The van der Waals surface area contributed by atoms with E-state index in [-0.39, 0.29) is 19.1 Å². The SMILES string of the molecule is CCC(CC)(CO)NC(=O)COc1ccccc1N. The molecule has 5 nitrogen and oxygen atoms in total. The van der Waals surface area contributed by atoms with Crippen molar-refractivity contribution >= 4 is 11.6 Å². The lowest BCUT2D eigenvalue weighted by molar-refractivity contribution is -0.125. The highest BCUT2D eigenvalue weighted by Crippen LogP contribution is 2.19. The molecule has 19 heavy (non-hydrogen) atoms. The molecule has 0 fully saturated rings. The number of rotatable bonds is 7.